The van der Waals surface area contributed by atoms with Gasteiger partial charge in [0, 0.05) is 5.02 Å². The summed E-state index contributed by atoms with van der Waals surface area (Å²) in [7, 11) is 1.50. The van der Waals surface area contributed by atoms with E-state index in [1.807, 2.05) is 0 Å². The average molecular weight is 312 g/mol. The van der Waals surface area contributed by atoms with Gasteiger partial charge in [0.05, 0.1) is 24.6 Å². The smallest absolute Gasteiger partial charge is 0.307 e. The number of carbonyl (C=O) groups excluding carboxylic acids is 1. The number of amides is 1. The second-order valence-electron chi connectivity index (χ2n) is 5.17. The van der Waals surface area contributed by atoms with Crippen molar-refractivity contribution in [2.75, 3.05) is 12.4 Å². The molecule has 5 nitrogen and oxygen atoms in total. The minimum atomic E-state index is -0.909. The van der Waals surface area contributed by atoms with Gasteiger partial charge in [-0.3, -0.25) is 9.59 Å². The highest BCUT2D eigenvalue weighted by molar-refractivity contribution is 6.31. The molecule has 1 aromatic carbocycles. The van der Waals surface area contributed by atoms with E-state index in [0.29, 0.717) is 29.3 Å². The van der Waals surface area contributed by atoms with Crippen LogP contribution in [0.2, 0.25) is 5.02 Å². The third-order valence-corrected chi connectivity index (χ3v) is 4.07. The number of nitrogens with one attached hydrogen (secondary N) is 1. The molecule has 1 aliphatic rings. The van der Waals surface area contributed by atoms with E-state index in [1.165, 1.54) is 7.11 Å². The first-order valence-corrected chi connectivity index (χ1v) is 7.28. The number of carboxylic acids is 1. The number of benzene rings is 1. The summed E-state index contributed by atoms with van der Waals surface area (Å²) in [6.07, 6.45) is 2.85. The standard InChI is InChI=1S/C15H18ClNO4/c1-21-13-7-6-9(16)8-12(13)17-14(18)10-4-2-3-5-11(10)15(19)20/h6-8,10-11H,2-5H2,1H3,(H,17,18)(H,19,20)/t10-,11-/m1/s1. The van der Waals surface area contributed by atoms with Crippen LogP contribution in [0.15, 0.2) is 18.2 Å². The lowest BCUT2D eigenvalue weighted by molar-refractivity contribution is -0.147. The van der Waals surface area contributed by atoms with Gasteiger partial charge in [0.2, 0.25) is 5.91 Å². The van der Waals surface area contributed by atoms with E-state index in [4.69, 9.17) is 16.3 Å². The van der Waals surface area contributed by atoms with Crippen molar-refractivity contribution in [3.63, 3.8) is 0 Å². The Balaban J connectivity index is 2.16. The van der Waals surface area contributed by atoms with Crippen LogP contribution in [0.5, 0.6) is 5.75 Å². The number of hydrogen-bond acceptors (Lipinski definition) is 3. The molecule has 1 saturated carbocycles. The molecule has 6 heteroatoms. The number of halogens is 1. The summed E-state index contributed by atoms with van der Waals surface area (Å²) < 4.78 is 5.17. The molecule has 1 aromatic rings. The second kappa shape index (κ2) is 6.80. The summed E-state index contributed by atoms with van der Waals surface area (Å²) in [6, 6.07) is 4.92. The van der Waals surface area contributed by atoms with Crippen LogP contribution in [0, 0.1) is 11.8 Å². The number of anilines is 1. The summed E-state index contributed by atoms with van der Waals surface area (Å²) >= 11 is 5.92. The average Bonchev–Trinajstić information content (AvgIpc) is 2.47. The molecule has 0 spiro atoms. The Hall–Kier alpha value is -1.75. The maximum Gasteiger partial charge on any atom is 0.307 e. The Morgan fingerprint density at radius 2 is 1.95 bits per heavy atom. The minimum Gasteiger partial charge on any atom is -0.495 e. The van der Waals surface area contributed by atoms with Crippen molar-refractivity contribution >= 4 is 29.2 Å². The number of aliphatic carboxylic acids is 1. The Morgan fingerprint density at radius 1 is 1.29 bits per heavy atom. The SMILES string of the molecule is COc1ccc(Cl)cc1NC(=O)[C@@H]1CCCC[C@H]1C(=O)O. The molecular formula is C15H18ClNO4. The zero-order valence-corrected chi connectivity index (χ0v) is 12.5. The number of methoxy groups -OCH3 is 1. The first kappa shape index (κ1) is 15.6. The molecule has 1 amide bonds. The van der Waals surface area contributed by atoms with Gasteiger partial charge in [-0.1, -0.05) is 24.4 Å². The normalized spacial score (nSPS) is 21.6. The monoisotopic (exact) mass is 311 g/mol. The molecule has 0 unspecified atom stereocenters. The molecule has 0 aliphatic heterocycles. The number of carboxylic acid groups (broad SMARTS) is 1. The summed E-state index contributed by atoms with van der Waals surface area (Å²) in [5.41, 5.74) is 0.463. The lowest BCUT2D eigenvalue weighted by Gasteiger charge is -2.27. The van der Waals surface area contributed by atoms with E-state index in [0.717, 1.165) is 12.8 Å². The third-order valence-electron chi connectivity index (χ3n) is 3.84. The molecule has 1 fully saturated rings. The highest BCUT2D eigenvalue weighted by Crippen LogP contribution is 2.33. The fourth-order valence-electron chi connectivity index (χ4n) is 2.74. The molecule has 2 rings (SSSR count). The number of ether oxygens (including phenoxy) is 1. The fourth-order valence-corrected chi connectivity index (χ4v) is 2.92. The molecule has 0 heterocycles. The molecule has 114 valence electrons. The van der Waals surface area contributed by atoms with E-state index in [1.54, 1.807) is 18.2 Å². The van der Waals surface area contributed by atoms with Crippen molar-refractivity contribution in [2.24, 2.45) is 11.8 Å². The molecule has 0 radical (unpaired) electrons. The van der Waals surface area contributed by atoms with E-state index >= 15 is 0 Å². The number of carbonyl (C=O) groups is 2. The molecule has 0 aromatic heterocycles. The Morgan fingerprint density at radius 3 is 2.57 bits per heavy atom. The van der Waals surface area contributed by atoms with E-state index < -0.39 is 17.8 Å². The Kier molecular flexibility index (Phi) is 5.07. The van der Waals surface area contributed by atoms with Crippen molar-refractivity contribution < 1.29 is 19.4 Å². The van der Waals surface area contributed by atoms with Gasteiger partial charge >= 0.3 is 5.97 Å². The highest BCUT2D eigenvalue weighted by atomic mass is 35.5. The van der Waals surface area contributed by atoms with Crippen molar-refractivity contribution in [1.29, 1.82) is 0 Å². The molecule has 2 atom stereocenters. The predicted molar refractivity (Wildman–Crippen MR) is 79.7 cm³/mol. The summed E-state index contributed by atoms with van der Waals surface area (Å²) in [4.78, 5) is 23.7. The second-order valence-corrected chi connectivity index (χ2v) is 5.61. The van der Waals surface area contributed by atoms with Gasteiger partial charge in [0.1, 0.15) is 5.75 Å². The summed E-state index contributed by atoms with van der Waals surface area (Å²) in [6.45, 7) is 0. The van der Waals surface area contributed by atoms with Crippen LogP contribution >= 0.6 is 11.6 Å². The molecule has 1 aliphatic carbocycles. The van der Waals surface area contributed by atoms with Crippen LogP contribution in [-0.2, 0) is 9.59 Å². The predicted octanol–water partition coefficient (Wildman–Crippen LogP) is 3.18. The van der Waals surface area contributed by atoms with E-state index in [9.17, 15) is 14.7 Å². The zero-order valence-electron chi connectivity index (χ0n) is 11.8. The Bertz CT molecular complexity index is 546. The van der Waals surface area contributed by atoms with Crippen LogP contribution in [0.4, 0.5) is 5.69 Å². The van der Waals surface area contributed by atoms with Crippen molar-refractivity contribution in [3.05, 3.63) is 23.2 Å². The summed E-state index contributed by atoms with van der Waals surface area (Å²) in [5.74, 6) is -1.84. The third kappa shape index (κ3) is 3.67. The van der Waals surface area contributed by atoms with Crippen LogP contribution in [-0.4, -0.2) is 24.1 Å². The van der Waals surface area contributed by atoms with Gasteiger partial charge in [0.25, 0.3) is 0 Å². The minimum absolute atomic E-state index is 0.289. The topological polar surface area (TPSA) is 75.6 Å². The highest BCUT2D eigenvalue weighted by Gasteiger charge is 2.35. The van der Waals surface area contributed by atoms with Crippen LogP contribution in [0.3, 0.4) is 0 Å². The van der Waals surface area contributed by atoms with Crippen LogP contribution < -0.4 is 10.1 Å². The van der Waals surface area contributed by atoms with E-state index in [2.05, 4.69) is 5.32 Å². The lowest BCUT2D eigenvalue weighted by Crippen LogP contribution is -2.36. The first-order valence-electron chi connectivity index (χ1n) is 6.90. The molecule has 21 heavy (non-hydrogen) atoms. The summed E-state index contributed by atoms with van der Waals surface area (Å²) in [5, 5.41) is 12.5. The molecule has 0 bridgehead atoms. The number of hydrogen-bond donors (Lipinski definition) is 2. The van der Waals surface area contributed by atoms with Gasteiger partial charge < -0.3 is 15.2 Å². The first-order chi connectivity index (χ1) is 10.0. The molecular weight excluding hydrogens is 294 g/mol. The number of rotatable bonds is 4. The zero-order chi connectivity index (χ0) is 15.4. The van der Waals surface area contributed by atoms with E-state index in [-0.39, 0.29) is 5.91 Å². The quantitative estimate of drug-likeness (QED) is 0.895. The maximum absolute atomic E-state index is 12.4. The van der Waals surface area contributed by atoms with Crippen molar-refractivity contribution in [1.82, 2.24) is 0 Å². The van der Waals surface area contributed by atoms with Gasteiger partial charge in [-0.05, 0) is 31.0 Å². The van der Waals surface area contributed by atoms with Gasteiger partial charge in [-0.15, -0.1) is 0 Å². The largest absolute Gasteiger partial charge is 0.495 e. The van der Waals surface area contributed by atoms with Crippen molar-refractivity contribution in [3.8, 4) is 5.75 Å². The lowest BCUT2D eigenvalue weighted by atomic mass is 9.78. The van der Waals surface area contributed by atoms with Gasteiger partial charge in [-0.2, -0.15) is 0 Å². The molecule has 0 saturated heterocycles. The van der Waals surface area contributed by atoms with Gasteiger partial charge in [-0.25, -0.2) is 0 Å². The maximum atomic E-state index is 12.4. The fraction of sp³-hybridized carbons (Fsp3) is 0.467. The molecule has 2 N–H and O–H groups in total. The van der Waals surface area contributed by atoms with Gasteiger partial charge in [0.15, 0.2) is 0 Å². The van der Waals surface area contributed by atoms with Crippen molar-refractivity contribution in [2.45, 2.75) is 25.7 Å². The van der Waals surface area contributed by atoms with Crippen LogP contribution in [0.1, 0.15) is 25.7 Å². The van der Waals surface area contributed by atoms with Crippen LogP contribution in [0.25, 0.3) is 0 Å². The Labute approximate surface area is 128 Å².